The number of aromatic nitrogens is 2. The number of nitrogens with zero attached hydrogens (tertiary/aromatic N) is 2. The van der Waals surface area contributed by atoms with Crippen LogP contribution in [0, 0.1) is 12.3 Å². The highest BCUT2D eigenvalue weighted by Crippen LogP contribution is 2.18. The summed E-state index contributed by atoms with van der Waals surface area (Å²) in [5.74, 6) is 1.78. The van der Waals surface area contributed by atoms with Crippen LogP contribution in [0.1, 0.15) is 16.7 Å². The van der Waals surface area contributed by atoms with Crippen molar-refractivity contribution in [2.45, 2.75) is 6.92 Å². The normalized spacial score (nSPS) is 9.14. The van der Waals surface area contributed by atoms with Crippen molar-refractivity contribution in [3.05, 3.63) is 5.01 Å². The van der Waals surface area contributed by atoms with Gasteiger partial charge in [0.05, 0.1) is 6.61 Å². The van der Waals surface area contributed by atoms with Gasteiger partial charge in [-0.1, -0.05) is 11.0 Å². The largest absolute Gasteiger partial charge is 0.461 e. The fraction of sp³-hybridized carbons (Fsp3) is 0.375. The Labute approximate surface area is 85.1 Å². The Balaban J connectivity index is 2.59. The summed E-state index contributed by atoms with van der Waals surface area (Å²) in [5.41, 5.74) is 0. The van der Waals surface area contributed by atoms with Crippen molar-refractivity contribution in [3.8, 4) is 17.5 Å². The molecule has 0 amide bonds. The molecule has 0 aromatic carbocycles. The number of carbonyl (C=O) groups excluding carboxylic acids is 1. The van der Waals surface area contributed by atoms with Crippen molar-refractivity contribution < 1.29 is 14.3 Å². The summed E-state index contributed by atoms with van der Waals surface area (Å²) in [6.07, 6.45) is 4.98. The minimum Gasteiger partial charge on any atom is -0.461 e. The molecule has 0 aliphatic heterocycles. The summed E-state index contributed by atoms with van der Waals surface area (Å²) in [4.78, 5) is 11.1. The highest BCUT2D eigenvalue weighted by molar-refractivity contribution is 7.14. The van der Waals surface area contributed by atoms with E-state index in [4.69, 9.17) is 15.9 Å². The number of terminal acetylenes is 1. The van der Waals surface area contributed by atoms with Crippen LogP contribution in [0.4, 0.5) is 0 Å². The zero-order valence-corrected chi connectivity index (χ0v) is 8.34. The molecule has 0 saturated heterocycles. The van der Waals surface area contributed by atoms with Gasteiger partial charge in [0, 0.05) is 0 Å². The second-order valence-electron chi connectivity index (χ2n) is 2.09. The van der Waals surface area contributed by atoms with E-state index in [9.17, 15) is 4.79 Å². The highest BCUT2D eigenvalue weighted by Gasteiger charge is 2.13. The Kier molecular flexibility index (Phi) is 3.88. The second-order valence-corrected chi connectivity index (χ2v) is 3.03. The molecule has 0 aliphatic carbocycles. The maximum Gasteiger partial charge on any atom is 0.369 e. The van der Waals surface area contributed by atoms with E-state index in [0.717, 1.165) is 11.3 Å². The molecule has 0 fully saturated rings. The third-order valence-electron chi connectivity index (χ3n) is 1.14. The van der Waals surface area contributed by atoms with Gasteiger partial charge < -0.3 is 9.47 Å². The number of hydrogen-bond donors (Lipinski definition) is 0. The van der Waals surface area contributed by atoms with Gasteiger partial charge in [-0.3, -0.25) is 0 Å². The van der Waals surface area contributed by atoms with Crippen molar-refractivity contribution in [1.82, 2.24) is 10.2 Å². The molecular weight excluding hydrogens is 204 g/mol. The van der Waals surface area contributed by atoms with E-state index in [-0.39, 0.29) is 16.8 Å². The number of hydrogen-bond acceptors (Lipinski definition) is 6. The Hall–Kier alpha value is -1.61. The molecule has 0 bridgehead atoms. The van der Waals surface area contributed by atoms with Crippen LogP contribution < -0.4 is 4.74 Å². The SMILES string of the molecule is C#CCOc1nnc(C(=O)OCC)s1. The molecule has 14 heavy (non-hydrogen) atoms. The van der Waals surface area contributed by atoms with Gasteiger partial charge in [-0.05, 0) is 18.3 Å². The Morgan fingerprint density at radius 1 is 1.64 bits per heavy atom. The highest BCUT2D eigenvalue weighted by atomic mass is 32.1. The molecule has 1 rings (SSSR count). The molecule has 0 atom stereocenters. The predicted molar refractivity (Wildman–Crippen MR) is 50.2 cm³/mol. The molecule has 0 N–H and O–H groups in total. The van der Waals surface area contributed by atoms with Crippen LogP contribution in [0.15, 0.2) is 0 Å². The van der Waals surface area contributed by atoms with E-state index in [1.165, 1.54) is 0 Å². The molecule has 1 heterocycles. The Morgan fingerprint density at radius 3 is 3.07 bits per heavy atom. The summed E-state index contributed by atoms with van der Waals surface area (Å²) in [6, 6.07) is 0. The van der Waals surface area contributed by atoms with Crippen LogP contribution in [0.3, 0.4) is 0 Å². The molecule has 1 aromatic rings. The third-order valence-corrected chi connectivity index (χ3v) is 1.95. The lowest BCUT2D eigenvalue weighted by molar-refractivity contribution is 0.0525. The van der Waals surface area contributed by atoms with Gasteiger partial charge in [0.15, 0.2) is 6.61 Å². The first-order valence-corrected chi connectivity index (χ1v) is 4.66. The van der Waals surface area contributed by atoms with E-state index in [0.29, 0.717) is 6.61 Å². The standard InChI is InChI=1S/C8H8N2O3S/c1-3-5-13-8-10-9-6(14-8)7(11)12-4-2/h1H,4-5H2,2H3. The third kappa shape index (κ3) is 2.71. The summed E-state index contributed by atoms with van der Waals surface area (Å²) in [7, 11) is 0. The van der Waals surface area contributed by atoms with Crippen molar-refractivity contribution in [2.75, 3.05) is 13.2 Å². The fourth-order valence-electron chi connectivity index (χ4n) is 0.647. The van der Waals surface area contributed by atoms with E-state index >= 15 is 0 Å². The number of ether oxygens (including phenoxy) is 2. The quantitative estimate of drug-likeness (QED) is 0.543. The number of rotatable bonds is 4. The smallest absolute Gasteiger partial charge is 0.369 e. The first-order valence-electron chi connectivity index (χ1n) is 3.84. The fourth-order valence-corrected chi connectivity index (χ4v) is 1.24. The molecule has 5 nitrogen and oxygen atoms in total. The van der Waals surface area contributed by atoms with Crippen molar-refractivity contribution >= 4 is 17.3 Å². The van der Waals surface area contributed by atoms with Crippen molar-refractivity contribution in [1.29, 1.82) is 0 Å². The van der Waals surface area contributed by atoms with Gasteiger partial charge in [0.1, 0.15) is 0 Å². The topological polar surface area (TPSA) is 61.3 Å². The van der Waals surface area contributed by atoms with Gasteiger partial charge in [-0.2, -0.15) is 0 Å². The van der Waals surface area contributed by atoms with Gasteiger partial charge in [0.2, 0.25) is 5.01 Å². The molecule has 0 spiro atoms. The summed E-state index contributed by atoms with van der Waals surface area (Å²) in [5, 5.41) is 7.63. The minimum absolute atomic E-state index is 0.109. The zero-order valence-electron chi connectivity index (χ0n) is 7.52. The lowest BCUT2D eigenvalue weighted by atomic mass is 10.7. The molecule has 74 valence electrons. The lowest BCUT2D eigenvalue weighted by Crippen LogP contribution is -2.03. The van der Waals surface area contributed by atoms with Crippen LogP contribution in [0.25, 0.3) is 0 Å². The lowest BCUT2D eigenvalue weighted by Gasteiger charge is -1.94. The minimum atomic E-state index is -0.499. The van der Waals surface area contributed by atoms with Gasteiger partial charge >= 0.3 is 5.97 Å². The maximum absolute atomic E-state index is 11.1. The summed E-state index contributed by atoms with van der Waals surface area (Å²) < 4.78 is 9.68. The van der Waals surface area contributed by atoms with Crippen LogP contribution in [0.2, 0.25) is 0 Å². The second kappa shape index (κ2) is 5.19. The average molecular weight is 212 g/mol. The number of esters is 1. The zero-order chi connectivity index (χ0) is 10.4. The molecular formula is C8H8N2O3S. The van der Waals surface area contributed by atoms with Crippen molar-refractivity contribution in [3.63, 3.8) is 0 Å². The van der Waals surface area contributed by atoms with E-state index in [1.54, 1.807) is 6.92 Å². The Bertz CT molecular complexity index is 356. The van der Waals surface area contributed by atoms with Gasteiger partial charge in [-0.15, -0.1) is 11.5 Å². The molecule has 0 aliphatic rings. The summed E-state index contributed by atoms with van der Waals surface area (Å²) >= 11 is 1.01. The number of carbonyl (C=O) groups is 1. The van der Waals surface area contributed by atoms with Gasteiger partial charge in [-0.25, -0.2) is 4.79 Å². The van der Waals surface area contributed by atoms with Crippen molar-refractivity contribution in [2.24, 2.45) is 0 Å². The van der Waals surface area contributed by atoms with Crippen LogP contribution in [-0.4, -0.2) is 29.4 Å². The Morgan fingerprint density at radius 2 is 2.43 bits per heavy atom. The van der Waals surface area contributed by atoms with Crippen LogP contribution in [0.5, 0.6) is 5.19 Å². The molecule has 0 radical (unpaired) electrons. The monoisotopic (exact) mass is 212 g/mol. The molecule has 6 heteroatoms. The molecule has 0 saturated carbocycles. The van der Waals surface area contributed by atoms with E-state index < -0.39 is 5.97 Å². The molecule has 0 unspecified atom stereocenters. The van der Waals surface area contributed by atoms with Gasteiger partial charge in [0.25, 0.3) is 5.19 Å². The first-order chi connectivity index (χ1) is 6.77. The predicted octanol–water partition coefficient (Wildman–Crippen LogP) is 0.727. The maximum atomic E-state index is 11.1. The molecule has 1 aromatic heterocycles. The average Bonchev–Trinajstić information content (AvgIpc) is 2.63. The first kappa shape index (κ1) is 10.5. The summed E-state index contributed by atoms with van der Waals surface area (Å²) in [6.45, 7) is 2.13. The van der Waals surface area contributed by atoms with E-state index in [1.807, 2.05) is 0 Å². The van der Waals surface area contributed by atoms with Crippen LogP contribution >= 0.6 is 11.3 Å². The van der Waals surface area contributed by atoms with Crippen LogP contribution in [-0.2, 0) is 4.74 Å². The van der Waals surface area contributed by atoms with E-state index in [2.05, 4.69) is 16.1 Å².